The molecule has 8 heteroatoms. The SMILES string of the molecule is COc1ccccc1C[Si](C)(C)O[Si](C)(O[Si](C)(C)Cc1ccccc1OC(C)=O)c1ccccc1. The summed E-state index contributed by atoms with van der Waals surface area (Å²) in [4.78, 5) is 11.6. The van der Waals surface area contributed by atoms with Crippen molar-refractivity contribution in [2.75, 3.05) is 7.11 Å². The summed E-state index contributed by atoms with van der Waals surface area (Å²) in [5.74, 6) is 1.17. The Morgan fingerprint density at radius 1 is 0.667 bits per heavy atom. The van der Waals surface area contributed by atoms with E-state index in [1.807, 2.05) is 60.7 Å². The van der Waals surface area contributed by atoms with E-state index in [0.29, 0.717) is 11.8 Å². The van der Waals surface area contributed by atoms with Crippen molar-refractivity contribution >= 4 is 36.4 Å². The van der Waals surface area contributed by atoms with Crippen molar-refractivity contribution in [1.29, 1.82) is 0 Å². The van der Waals surface area contributed by atoms with Crippen molar-refractivity contribution in [2.45, 2.75) is 51.7 Å². The summed E-state index contributed by atoms with van der Waals surface area (Å²) in [6.45, 7) is 12.5. The van der Waals surface area contributed by atoms with Gasteiger partial charge in [0.1, 0.15) is 11.5 Å². The van der Waals surface area contributed by atoms with Gasteiger partial charge in [-0.2, -0.15) is 0 Å². The van der Waals surface area contributed by atoms with Crippen LogP contribution in [0.2, 0.25) is 32.7 Å². The van der Waals surface area contributed by atoms with Crippen LogP contribution < -0.4 is 14.7 Å². The van der Waals surface area contributed by atoms with Crippen LogP contribution in [-0.4, -0.2) is 38.3 Å². The highest BCUT2D eigenvalue weighted by atomic mass is 28.5. The van der Waals surface area contributed by atoms with Crippen LogP contribution in [0.15, 0.2) is 78.9 Å². The van der Waals surface area contributed by atoms with Gasteiger partial charge in [0.25, 0.3) is 0 Å². The molecule has 0 spiro atoms. The molecule has 3 aromatic rings. The number of benzene rings is 3. The molecule has 0 bridgehead atoms. The van der Waals surface area contributed by atoms with Gasteiger partial charge in [0, 0.05) is 6.92 Å². The van der Waals surface area contributed by atoms with Gasteiger partial charge in [-0.05, 0) is 73.3 Å². The number of carbonyl (C=O) groups is 1. The fourth-order valence-electron chi connectivity index (χ4n) is 4.68. The molecule has 0 saturated carbocycles. The first kappa shape index (κ1) is 28.1. The average Bonchev–Trinajstić information content (AvgIpc) is 2.79. The molecule has 0 saturated heterocycles. The molecule has 3 aromatic carbocycles. The third-order valence-electron chi connectivity index (χ3n) is 5.89. The van der Waals surface area contributed by atoms with Gasteiger partial charge < -0.3 is 17.7 Å². The van der Waals surface area contributed by atoms with Gasteiger partial charge in [-0.1, -0.05) is 66.7 Å². The molecule has 36 heavy (non-hydrogen) atoms. The van der Waals surface area contributed by atoms with Crippen molar-refractivity contribution < 1.29 is 22.5 Å². The standard InChI is InChI=1S/C28H38O5Si3/c1-23(29)31-28-20-14-12-16-25(28)22-35(5,6)33-36(7,26-17-9-8-10-18-26)32-34(3,4)21-24-15-11-13-19-27(24)30-2/h8-20H,21-22H2,1-7H3. The van der Waals surface area contributed by atoms with Crippen LogP contribution in [0.25, 0.3) is 0 Å². The molecule has 0 aliphatic carbocycles. The second kappa shape index (κ2) is 11.7. The zero-order valence-corrected chi connectivity index (χ0v) is 25.5. The van der Waals surface area contributed by atoms with Crippen molar-refractivity contribution in [3.63, 3.8) is 0 Å². The molecule has 192 valence electrons. The van der Waals surface area contributed by atoms with E-state index < -0.39 is 25.2 Å². The van der Waals surface area contributed by atoms with E-state index in [9.17, 15) is 4.79 Å². The minimum atomic E-state index is -2.81. The lowest BCUT2D eigenvalue weighted by Gasteiger charge is -2.41. The van der Waals surface area contributed by atoms with Crippen LogP contribution in [0.4, 0.5) is 0 Å². The number of ether oxygens (including phenoxy) is 2. The second-order valence-electron chi connectivity index (χ2n) is 10.4. The lowest BCUT2D eigenvalue weighted by atomic mass is 10.2. The topological polar surface area (TPSA) is 54.0 Å². The Hall–Kier alpha value is -2.50. The lowest BCUT2D eigenvalue weighted by Crippen LogP contribution is -2.62. The highest BCUT2D eigenvalue weighted by Crippen LogP contribution is 2.29. The van der Waals surface area contributed by atoms with Crippen LogP contribution in [-0.2, 0) is 25.1 Å². The highest BCUT2D eigenvalue weighted by molar-refractivity contribution is 6.94. The van der Waals surface area contributed by atoms with Crippen molar-refractivity contribution in [3.8, 4) is 11.5 Å². The van der Waals surface area contributed by atoms with E-state index in [-0.39, 0.29) is 5.97 Å². The number of carbonyl (C=O) groups excluding carboxylic acids is 1. The van der Waals surface area contributed by atoms with Crippen LogP contribution in [0.5, 0.6) is 11.5 Å². The molecule has 1 unspecified atom stereocenters. The maximum absolute atomic E-state index is 11.6. The molecule has 0 fully saturated rings. The Morgan fingerprint density at radius 3 is 1.61 bits per heavy atom. The Bertz CT molecular complexity index is 1170. The summed E-state index contributed by atoms with van der Waals surface area (Å²) >= 11 is 0. The Morgan fingerprint density at radius 2 is 1.11 bits per heavy atom. The maximum atomic E-state index is 11.6. The van der Waals surface area contributed by atoms with Gasteiger partial charge in [-0.15, -0.1) is 0 Å². The third-order valence-corrected chi connectivity index (χ3v) is 17.3. The van der Waals surface area contributed by atoms with Gasteiger partial charge in [0.05, 0.1) is 7.11 Å². The molecule has 0 aliphatic rings. The first-order chi connectivity index (χ1) is 16.9. The Balaban J connectivity index is 1.90. The number of rotatable bonds is 11. The fourth-order valence-corrected chi connectivity index (χ4v) is 18.4. The van der Waals surface area contributed by atoms with Gasteiger partial charge in [0.2, 0.25) is 0 Å². The van der Waals surface area contributed by atoms with Crippen molar-refractivity contribution in [2.24, 2.45) is 0 Å². The second-order valence-corrected chi connectivity index (χ2v) is 22.2. The van der Waals surface area contributed by atoms with Gasteiger partial charge in [0.15, 0.2) is 16.6 Å². The zero-order valence-electron chi connectivity index (χ0n) is 22.5. The molecule has 0 radical (unpaired) electrons. The molecular formula is C28H38O5Si3. The third kappa shape index (κ3) is 7.75. The predicted molar refractivity (Wildman–Crippen MR) is 153 cm³/mol. The van der Waals surface area contributed by atoms with E-state index in [0.717, 1.165) is 28.1 Å². The first-order valence-electron chi connectivity index (χ1n) is 12.3. The highest BCUT2D eigenvalue weighted by Gasteiger charge is 2.45. The molecule has 5 nitrogen and oxygen atoms in total. The number of hydrogen-bond donors (Lipinski definition) is 0. The predicted octanol–water partition coefficient (Wildman–Crippen LogP) is 5.91. The van der Waals surface area contributed by atoms with Gasteiger partial charge >= 0.3 is 14.5 Å². The molecule has 0 aromatic heterocycles. The van der Waals surface area contributed by atoms with E-state index in [1.165, 1.54) is 6.92 Å². The number of hydrogen-bond acceptors (Lipinski definition) is 5. The van der Waals surface area contributed by atoms with Gasteiger partial charge in [-0.3, -0.25) is 4.79 Å². The normalized spacial score (nSPS) is 13.6. The summed E-state index contributed by atoms with van der Waals surface area (Å²) in [7, 11) is -5.63. The van der Waals surface area contributed by atoms with E-state index in [4.69, 9.17) is 17.7 Å². The summed E-state index contributed by atoms with van der Waals surface area (Å²) in [6, 6.07) is 27.8. The summed E-state index contributed by atoms with van der Waals surface area (Å²) in [6.07, 6.45) is 0. The minimum absolute atomic E-state index is 0.321. The molecule has 0 N–H and O–H groups in total. The maximum Gasteiger partial charge on any atom is 0.348 e. The Labute approximate surface area is 218 Å². The smallest absolute Gasteiger partial charge is 0.348 e. The monoisotopic (exact) mass is 538 g/mol. The quantitative estimate of drug-likeness (QED) is 0.173. The van der Waals surface area contributed by atoms with E-state index in [2.05, 4.69) is 50.9 Å². The minimum Gasteiger partial charge on any atom is -0.496 e. The summed E-state index contributed by atoms with van der Waals surface area (Å²) < 4.78 is 25.3. The number of para-hydroxylation sites is 2. The van der Waals surface area contributed by atoms with Crippen molar-refractivity contribution in [1.82, 2.24) is 0 Å². The zero-order chi connectivity index (χ0) is 26.4. The molecule has 0 heterocycles. The molecular weight excluding hydrogens is 501 g/mol. The Kier molecular flexibility index (Phi) is 9.13. The van der Waals surface area contributed by atoms with Crippen LogP contribution in [0.1, 0.15) is 18.1 Å². The lowest BCUT2D eigenvalue weighted by molar-refractivity contribution is -0.131. The van der Waals surface area contributed by atoms with E-state index >= 15 is 0 Å². The summed E-state index contributed by atoms with van der Waals surface area (Å²) in [5.41, 5.74) is 2.15. The molecule has 0 aliphatic heterocycles. The van der Waals surface area contributed by atoms with Crippen LogP contribution in [0.3, 0.4) is 0 Å². The number of methoxy groups -OCH3 is 1. The van der Waals surface area contributed by atoms with Crippen LogP contribution >= 0.6 is 0 Å². The molecule has 0 amide bonds. The molecule has 1 atom stereocenters. The van der Waals surface area contributed by atoms with E-state index in [1.54, 1.807) is 7.11 Å². The molecule has 3 rings (SSSR count). The summed E-state index contributed by atoms with van der Waals surface area (Å²) in [5, 5.41) is 1.12. The van der Waals surface area contributed by atoms with Crippen LogP contribution in [0, 0.1) is 0 Å². The van der Waals surface area contributed by atoms with Gasteiger partial charge in [-0.25, -0.2) is 0 Å². The number of esters is 1. The fraction of sp³-hybridized carbons (Fsp3) is 0.321. The average molecular weight is 539 g/mol. The van der Waals surface area contributed by atoms with Crippen molar-refractivity contribution in [3.05, 3.63) is 90.0 Å². The first-order valence-corrected chi connectivity index (χ1v) is 20.8. The largest absolute Gasteiger partial charge is 0.496 e.